The van der Waals surface area contributed by atoms with Gasteiger partial charge in [-0.3, -0.25) is 9.59 Å². The number of hydrogen-bond donors (Lipinski definition) is 1. The maximum Gasteiger partial charge on any atom is 0.256 e. The number of anilines is 1. The molecule has 0 radical (unpaired) electrons. The van der Waals surface area contributed by atoms with Crippen LogP contribution in [-0.4, -0.2) is 23.8 Å². The van der Waals surface area contributed by atoms with E-state index < -0.39 is 0 Å². The molecule has 3 aromatic carbocycles. The molecule has 0 spiro atoms. The molecule has 0 saturated carbocycles. The zero-order chi connectivity index (χ0) is 21.8. The lowest BCUT2D eigenvalue weighted by Gasteiger charge is -2.09. The number of nitrogens with zero attached hydrogens (tertiary/aromatic N) is 1. The fourth-order valence-electron chi connectivity index (χ4n) is 3.19. The Labute approximate surface area is 179 Å². The summed E-state index contributed by atoms with van der Waals surface area (Å²) in [5.74, 6) is 1.22. The van der Waals surface area contributed by atoms with Gasteiger partial charge in [0.2, 0.25) is 5.89 Å². The van der Waals surface area contributed by atoms with Crippen LogP contribution in [0.2, 0.25) is 0 Å². The van der Waals surface area contributed by atoms with Crippen molar-refractivity contribution in [3.63, 3.8) is 0 Å². The Morgan fingerprint density at radius 3 is 2.58 bits per heavy atom. The van der Waals surface area contributed by atoms with Gasteiger partial charge in [-0.25, -0.2) is 4.98 Å². The number of ether oxygens (including phenoxy) is 1. The number of aromatic nitrogens is 1. The number of Topliss-reactive ketones (excluding diaryl/α,β-unsaturated/α-hetero) is 1. The molecular weight excluding hydrogens is 392 g/mol. The Hall–Kier alpha value is -4.19. The molecule has 6 nitrogen and oxygen atoms in total. The third kappa shape index (κ3) is 4.38. The van der Waals surface area contributed by atoms with Crippen LogP contribution < -0.4 is 10.1 Å². The zero-order valence-corrected chi connectivity index (χ0v) is 17.1. The summed E-state index contributed by atoms with van der Waals surface area (Å²) in [6.07, 6.45) is 1.62. The number of hydrogen-bond acceptors (Lipinski definition) is 5. The first-order chi connectivity index (χ1) is 15.0. The van der Waals surface area contributed by atoms with Gasteiger partial charge in [0.05, 0.1) is 18.9 Å². The molecule has 0 aliphatic carbocycles. The molecule has 0 aliphatic rings. The monoisotopic (exact) mass is 412 g/mol. The van der Waals surface area contributed by atoms with E-state index in [1.54, 1.807) is 55.8 Å². The van der Waals surface area contributed by atoms with E-state index in [1.807, 2.05) is 30.3 Å². The Kier molecular flexibility index (Phi) is 5.62. The van der Waals surface area contributed by atoms with Gasteiger partial charge in [0.1, 0.15) is 5.75 Å². The van der Waals surface area contributed by atoms with Crippen molar-refractivity contribution in [1.29, 1.82) is 0 Å². The molecule has 4 rings (SSSR count). The maximum absolute atomic E-state index is 13.0. The minimum atomic E-state index is -0.322. The van der Waals surface area contributed by atoms with Gasteiger partial charge in [0.25, 0.3) is 5.91 Å². The van der Waals surface area contributed by atoms with Gasteiger partial charge in [0, 0.05) is 22.4 Å². The first-order valence-electron chi connectivity index (χ1n) is 9.67. The molecular formula is C25H20N2O4. The number of carbonyl (C=O) groups is 2. The van der Waals surface area contributed by atoms with Crippen molar-refractivity contribution in [2.45, 2.75) is 6.92 Å². The average Bonchev–Trinajstić information content (AvgIpc) is 3.29. The largest absolute Gasteiger partial charge is 0.497 e. The lowest BCUT2D eigenvalue weighted by molar-refractivity contribution is 0.101. The Morgan fingerprint density at radius 1 is 0.968 bits per heavy atom. The molecule has 0 saturated heterocycles. The van der Waals surface area contributed by atoms with Crippen LogP contribution in [0.1, 0.15) is 27.6 Å². The highest BCUT2D eigenvalue weighted by Gasteiger charge is 2.17. The molecule has 0 unspecified atom stereocenters. The minimum Gasteiger partial charge on any atom is -0.497 e. The molecule has 1 heterocycles. The van der Waals surface area contributed by atoms with Crippen molar-refractivity contribution in [2.24, 2.45) is 0 Å². The predicted molar refractivity (Wildman–Crippen MR) is 118 cm³/mol. The third-order valence-corrected chi connectivity index (χ3v) is 4.79. The summed E-state index contributed by atoms with van der Waals surface area (Å²) in [5, 5.41) is 2.84. The standard InChI is InChI=1S/C25H20N2O4/c1-16(28)17-7-5-9-19(13-17)27-24(29)21-11-3-4-12-22(21)25-26-15-23(31-25)18-8-6-10-20(14-18)30-2/h3-15H,1-2H3,(H,27,29). The third-order valence-electron chi connectivity index (χ3n) is 4.79. The minimum absolute atomic E-state index is 0.0682. The molecule has 1 amide bonds. The van der Waals surface area contributed by atoms with Crippen LogP contribution in [0, 0.1) is 0 Å². The maximum atomic E-state index is 13.0. The molecule has 31 heavy (non-hydrogen) atoms. The van der Waals surface area contributed by atoms with E-state index in [4.69, 9.17) is 9.15 Å². The number of benzene rings is 3. The summed E-state index contributed by atoms with van der Waals surface area (Å²) in [6, 6.07) is 21.4. The summed E-state index contributed by atoms with van der Waals surface area (Å²) >= 11 is 0. The molecule has 154 valence electrons. The number of ketones is 1. The molecule has 4 aromatic rings. The first kappa shape index (κ1) is 20.1. The molecule has 0 aliphatic heterocycles. The average molecular weight is 412 g/mol. The normalized spacial score (nSPS) is 10.5. The van der Waals surface area contributed by atoms with Crippen molar-refractivity contribution in [3.8, 4) is 28.5 Å². The quantitative estimate of drug-likeness (QED) is 0.425. The van der Waals surface area contributed by atoms with E-state index in [0.717, 1.165) is 5.56 Å². The highest BCUT2D eigenvalue weighted by molar-refractivity contribution is 6.08. The van der Waals surface area contributed by atoms with Crippen LogP contribution >= 0.6 is 0 Å². The van der Waals surface area contributed by atoms with Gasteiger partial charge in [-0.2, -0.15) is 0 Å². The van der Waals surface area contributed by atoms with Crippen molar-refractivity contribution in [2.75, 3.05) is 12.4 Å². The Bertz CT molecular complexity index is 1260. The smallest absolute Gasteiger partial charge is 0.256 e. The van der Waals surface area contributed by atoms with E-state index in [2.05, 4.69) is 10.3 Å². The van der Waals surface area contributed by atoms with E-state index in [-0.39, 0.29) is 11.7 Å². The lowest BCUT2D eigenvalue weighted by atomic mass is 10.1. The van der Waals surface area contributed by atoms with Crippen molar-refractivity contribution >= 4 is 17.4 Å². The van der Waals surface area contributed by atoms with Crippen LogP contribution in [0.15, 0.2) is 83.4 Å². The topological polar surface area (TPSA) is 81.4 Å². The van der Waals surface area contributed by atoms with Gasteiger partial charge < -0.3 is 14.5 Å². The Balaban J connectivity index is 1.63. The van der Waals surface area contributed by atoms with Crippen LogP contribution in [0.25, 0.3) is 22.8 Å². The lowest BCUT2D eigenvalue weighted by Crippen LogP contribution is -2.13. The van der Waals surface area contributed by atoms with Gasteiger partial charge in [-0.15, -0.1) is 0 Å². The zero-order valence-electron chi connectivity index (χ0n) is 17.1. The van der Waals surface area contributed by atoms with E-state index in [9.17, 15) is 9.59 Å². The second kappa shape index (κ2) is 8.67. The number of methoxy groups -OCH3 is 1. The summed E-state index contributed by atoms with van der Waals surface area (Å²) in [6.45, 7) is 1.48. The Morgan fingerprint density at radius 2 is 1.77 bits per heavy atom. The second-order valence-electron chi connectivity index (χ2n) is 6.90. The highest BCUT2D eigenvalue weighted by atomic mass is 16.5. The number of carbonyl (C=O) groups excluding carboxylic acids is 2. The van der Waals surface area contributed by atoms with E-state index in [0.29, 0.717) is 39.8 Å². The van der Waals surface area contributed by atoms with Crippen LogP contribution in [0.5, 0.6) is 5.75 Å². The van der Waals surface area contributed by atoms with E-state index >= 15 is 0 Å². The first-order valence-corrected chi connectivity index (χ1v) is 9.67. The summed E-state index contributed by atoms with van der Waals surface area (Å²) in [7, 11) is 1.60. The summed E-state index contributed by atoms with van der Waals surface area (Å²) in [5.41, 5.74) is 2.87. The van der Waals surface area contributed by atoms with Crippen LogP contribution in [-0.2, 0) is 0 Å². The van der Waals surface area contributed by atoms with Gasteiger partial charge in [-0.1, -0.05) is 36.4 Å². The summed E-state index contributed by atoms with van der Waals surface area (Å²) < 4.78 is 11.2. The van der Waals surface area contributed by atoms with Crippen molar-refractivity contribution in [3.05, 3.63) is 90.1 Å². The van der Waals surface area contributed by atoms with Gasteiger partial charge >= 0.3 is 0 Å². The van der Waals surface area contributed by atoms with Crippen molar-refractivity contribution in [1.82, 2.24) is 4.98 Å². The molecule has 0 atom stereocenters. The fraction of sp³-hybridized carbons (Fsp3) is 0.0800. The molecule has 0 bridgehead atoms. The molecule has 0 fully saturated rings. The SMILES string of the molecule is COc1cccc(-c2cnc(-c3ccccc3C(=O)Nc3cccc(C(C)=O)c3)o2)c1. The highest BCUT2D eigenvalue weighted by Crippen LogP contribution is 2.30. The van der Waals surface area contributed by atoms with Crippen LogP contribution in [0.3, 0.4) is 0 Å². The second-order valence-corrected chi connectivity index (χ2v) is 6.90. The summed E-state index contributed by atoms with van der Waals surface area (Å²) in [4.78, 5) is 29.0. The van der Waals surface area contributed by atoms with Gasteiger partial charge in [-0.05, 0) is 43.3 Å². The fourth-order valence-corrected chi connectivity index (χ4v) is 3.19. The number of rotatable bonds is 6. The molecule has 6 heteroatoms. The molecule has 1 N–H and O–H groups in total. The van der Waals surface area contributed by atoms with Crippen molar-refractivity contribution < 1.29 is 18.7 Å². The number of nitrogens with one attached hydrogen (secondary N) is 1. The molecule has 1 aromatic heterocycles. The van der Waals surface area contributed by atoms with Crippen LogP contribution in [0.4, 0.5) is 5.69 Å². The number of oxazole rings is 1. The predicted octanol–water partition coefficient (Wildman–Crippen LogP) is 5.47. The van der Waals surface area contributed by atoms with E-state index in [1.165, 1.54) is 6.92 Å². The number of amides is 1. The van der Waals surface area contributed by atoms with Gasteiger partial charge in [0.15, 0.2) is 11.5 Å².